The van der Waals surface area contributed by atoms with Crippen LogP contribution in [-0.2, 0) is 4.74 Å². The summed E-state index contributed by atoms with van der Waals surface area (Å²) in [5.41, 5.74) is 0. The van der Waals surface area contributed by atoms with Crippen LogP contribution in [0, 0.1) is 0 Å². The number of anilines is 1. The van der Waals surface area contributed by atoms with E-state index in [1.165, 1.54) is 18.4 Å². The van der Waals surface area contributed by atoms with Gasteiger partial charge in [0.05, 0.1) is 7.11 Å². The molecule has 1 aromatic heterocycles. The topological polar surface area (TPSA) is 68.5 Å². The SMILES string of the molecule is COC(=O)N(N)c1nccs1. The molecule has 0 spiro atoms. The predicted molar refractivity (Wildman–Crippen MR) is 41.2 cm³/mol. The van der Waals surface area contributed by atoms with E-state index in [1.54, 1.807) is 11.6 Å². The van der Waals surface area contributed by atoms with Gasteiger partial charge in [-0.1, -0.05) is 0 Å². The molecule has 1 heterocycles. The van der Waals surface area contributed by atoms with Gasteiger partial charge in [0.1, 0.15) is 0 Å². The average molecular weight is 173 g/mol. The van der Waals surface area contributed by atoms with Gasteiger partial charge in [-0.3, -0.25) is 0 Å². The molecule has 11 heavy (non-hydrogen) atoms. The molecule has 1 rings (SSSR count). The Kier molecular flexibility index (Phi) is 2.40. The number of carbonyl (C=O) groups is 1. The van der Waals surface area contributed by atoms with E-state index in [9.17, 15) is 4.79 Å². The summed E-state index contributed by atoms with van der Waals surface area (Å²) in [7, 11) is 1.26. The summed E-state index contributed by atoms with van der Waals surface area (Å²) in [6.45, 7) is 0. The number of nitrogens with zero attached hydrogens (tertiary/aromatic N) is 2. The highest BCUT2D eigenvalue weighted by Gasteiger charge is 2.12. The predicted octanol–water partition coefficient (Wildman–Crippen LogP) is 0.590. The fourth-order valence-corrected chi connectivity index (χ4v) is 1.06. The summed E-state index contributed by atoms with van der Waals surface area (Å²) in [6, 6.07) is 0. The molecule has 1 aromatic rings. The van der Waals surface area contributed by atoms with Crippen molar-refractivity contribution in [2.24, 2.45) is 5.84 Å². The molecule has 1 amide bonds. The molecular formula is C5H7N3O2S. The number of hydrogen-bond donors (Lipinski definition) is 1. The van der Waals surface area contributed by atoms with E-state index in [1.807, 2.05) is 0 Å². The Labute approximate surface area is 67.4 Å². The number of rotatable bonds is 1. The van der Waals surface area contributed by atoms with Crippen molar-refractivity contribution in [1.82, 2.24) is 4.98 Å². The molecule has 0 aliphatic heterocycles. The van der Waals surface area contributed by atoms with Crippen molar-refractivity contribution >= 4 is 22.6 Å². The van der Waals surface area contributed by atoms with E-state index in [0.29, 0.717) is 5.13 Å². The zero-order valence-electron chi connectivity index (χ0n) is 5.85. The summed E-state index contributed by atoms with van der Waals surface area (Å²) in [5, 5.41) is 2.99. The van der Waals surface area contributed by atoms with E-state index in [4.69, 9.17) is 5.84 Å². The molecule has 2 N–H and O–H groups in total. The van der Waals surface area contributed by atoms with Gasteiger partial charge in [-0.2, -0.15) is 5.01 Å². The van der Waals surface area contributed by atoms with Crippen molar-refractivity contribution in [3.63, 3.8) is 0 Å². The summed E-state index contributed by atoms with van der Waals surface area (Å²) in [5.74, 6) is 5.30. The Balaban J connectivity index is 2.70. The number of aromatic nitrogens is 1. The highest BCUT2D eigenvalue weighted by atomic mass is 32.1. The summed E-state index contributed by atoms with van der Waals surface area (Å²) in [4.78, 5) is 14.6. The fourth-order valence-electron chi connectivity index (χ4n) is 0.511. The maximum absolute atomic E-state index is 10.8. The highest BCUT2D eigenvalue weighted by Crippen LogP contribution is 2.13. The lowest BCUT2D eigenvalue weighted by Gasteiger charge is -2.09. The van der Waals surface area contributed by atoms with Gasteiger partial charge in [-0.05, 0) is 0 Å². The van der Waals surface area contributed by atoms with Gasteiger partial charge in [0.15, 0.2) is 0 Å². The molecule has 0 atom stereocenters. The number of methoxy groups -OCH3 is 1. The van der Waals surface area contributed by atoms with Crippen LogP contribution in [0.5, 0.6) is 0 Å². The van der Waals surface area contributed by atoms with Crippen molar-refractivity contribution in [2.45, 2.75) is 0 Å². The molecule has 0 aromatic carbocycles. The van der Waals surface area contributed by atoms with E-state index in [-0.39, 0.29) is 0 Å². The molecule has 0 aliphatic carbocycles. The van der Waals surface area contributed by atoms with E-state index >= 15 is 0 Å². The molecule has 0 fully saturated rings. The Morgan fingerprint density at radius 3 is 3.09 bits per heavy atom. The van der Waals surface area contributed by atoms with Crippen molar-refractivity contribution in [3.8, 4) is 0 Å². The summed E-state index contributed by atoms with van der Waals surface area (Å²) < 4.78 is 4.36. The first-order chi connectivity index (χ1) is 5.25. The lowest BCUT2D eigenvalue weighted by Crippen LogP contribution is -2.37. The van der Waals surface area contributed by atoms with Gasteiger partial charge < -0.3 is 4.74 Å². The normalized spacial score (nSPS) is 9.27. The van der Waals surface area contributed by atoms with Crippen LogP contribution in [0.25, 0.3) is 0 Å². The maximum Gasteiger partial charge on any atom is 0.430 e. The number of ether oxygens (including phenoxy) is 1. The molecular weight excluding hydrogens is 166 g/mol. The Hall–Kier alpha value is -1.14. The number of carbonyl (C=O) groups excluding carboxylic acids is 1. The third kappa shape index (κ3) is 1.66. The van der Waals surface area contributed by atoms with Crippen LogP contribution in [0.15, 0.2) is 11.6 Å². The minimum absolute atomic E-state index is 0.414. The Morgan fingerprint density at radius 1 is 1.91 bits per heavy atom. The van der Waals surface area contributed by atoms with Gasteiger partial charge in [0.25, 0.3) is 0 Å². The summed E-state index contributed by atoms with van der Waals surface area (Å²) >= 11 is 1.26. The third-order valence-electron chi connectivity index (χ3n) is 0.997. The minimum atomic E-state index is -0.625. The zero-order chi connectivity index (χ0) is 8.27. The molecule has 0 saturated carbocycles. The Bertz CT molecular complexity index is 236. The molecule has 0 bridgehead atoms. The first kappa shape index (κ1) is 7.96. The molecule has 0 saturated heterocycles. The zero-order valence-corrected chi connectivity index (χ0v) is 6.67. The average Bonchev–Trinajstić information content (AvgIpc) is 2.53. The quantitative estimate of drug-likeness (QED) is 0.383. The molecule has 0 aliphatic rings. The maximum atomic E-state index is 10.8. The van der Waals surface area contributed by atoms with Crippen LogP contribution in [-0.4, -0.2) is 18.2 Å². The van der Waals surface area contributed by atoms with Crippen LogP contribution < -0.4 is 10.9 Å². The molecule has 5 nitrogen and oxygen atoms in total. The number of nitrogens with two attached hydrogens (primary N) is 1. The van der Waals surface area contributed by atoms with Crippen molar-refractivity contribution in [1.29, 1.82) is 0 Å². The number of hydrogen-bond acceptors (Lipinski definition) is 5. The van der Waals surface area contributed by atoms with E-state index < -0.39 is 6.09 Å². The number of hydrazine groups is 1. The van der Waals surface area contributed by atoms with Crippen LogP contribution >= 0.6 is 11.3 Å². The van der Waals surface area contributed by atoms with E-state index in [2.05, 4.69) is 9.72 Å². The Morgan fingerprint density at radius 2 is 2.64 bits per heavy atom. The van der Waals surface area contributed by atoms with Crippen LogP contribution in [0.2, 0.25) is 0 Å². The second-order valence-corrected chi connectivity index (χ2v) is 2.53. The summed E-state index contributed by atoms with van der Waals surface area (Å²) in [6.07, 6.45) is 0.933. The van der Waals surface area contributed by atoms with Gasteiger partial charge in [-0.25, -0.2) is 15.6 Å². The van der Waals surface area contributed by atoms with Crippen LogP contribution in [0.4, 0.5) is 9.93 Å². The first-order valence-electron chi connectivity index (χ1n) is 2.78. The van der Waals surface area contributed by atoms with Gasteiger partial charge >= 0.3 is 6.09 Å². The van der Waals surface area contributed by atoms with Gasteiger partial charge in [-0.15, -0.1) is 11.3 Å². The fraction of sp³-hybridized carbons (Fsp3) is 0.200. The molecule has 60 valence electrons. The first-order valence-corrected chi connectivity index (χ1v) is 3.66. The number of thiazole rings is 1. The van der Waals surface area contributed by atoms with Crippen molar-refractivity contribution < 1.29 is 9.53 Å². The van der Waals surface area contributed by atoms with Crippen LogP contribution in [0.1, 0.15) is 0 Å². The minimum Gasteiger partial charge on any atom is -0.451 e. The lowest BCUT2D eigenvalue weighted by atomic mass is 10.9. The highest BCUT2D eigenvalue weighted by molar-refractivity contribution is 7.13. The van der Waals surface area contributed by atoms with Crippen molar-refractivity contribution in [2.75, 3.05) is 12.1 Å². The van der Waals surface area contributed by atoms with Gasteiger partial charge in [0.2, 0.25) is 5.13 Å². The standard InChI is InChI=1S/C5H7N3O2S/c1-10-5(9)8(6)4-7-2-3-11-4/h2-3H,6H2,1H3. The van der Waals surface area contributed by atoms with Gasteiger partial charge in [0, 0.05) is 11.6 Å². The van der Waals surface area contributed by atoms with Crippen molar-refractivity contribution in [3.05, 3.63) is 11.6 Å². The third-order valence-corrected chi connectivity index (χ3v) is 1.77. The molecule has 0 unspecified atom stereocenters. The largest absolute Gasteiger partial charge is 0.451 e. The molecule has 6 heteroatoms. The van der Waals surface area contributed by atoms with E-state index in [0.717, 1.165) is 5.01 Å². The number of amides is 1. The molecule has 0 radical (unpaired) electrons. The monoisotopic (exact) mass is 173 g/mol. The van der Waals surface area contributed by atoms with Crippen LogP contribution in [0.3, 0.4) is 0 Å². The second-order valence-electron chi connectivity index (χ2n) is 1.65. The second kappa shape index (κ2) is 3.31. The smallest absolute Gasteiger partial charge is 0.430 e. The lowest BCUT2D eigenvalue weighted by molar-refractivity contribution is 0.178.